The van der Waals surface area contributed by atoms with Crippen LogP contribution in [-0.2, 0) is 17.6 Å². The summed E-state index contributed by atoms with van der Waals surface area (Å²) in [5, 5.41) is 7.00. The molecule has 0 bridgehead atoms. The summed E-state index contributed by atoms with van der Waals surface area (Å²) in [6.45, 7) is 5.67. The molecule has 19 heavy (non-hydrogen) atoms. The molecule has 1 fully saturated rings. The lowest BCUT2D eigenvalue weighted by atomic mass is 10.1. The predicted octanol–water partition coefficient (Wildman–Crippen LogP) is 1.06. The van der Waals surface area contributed by atoms with Crippen LogP contribution in [0.5, 0.6) is 0 Å². The van der Waals surface area contributed by atoms with Crippen LogP contribution in [0.25, 0.3) is 0 Å². The maximum absolute atomic E-state index is 5.54. The third-order valence-electron chi connectivity index (χ3n) is 3.80. The van der Waals surface area contributed by atoms with Crippen LogP contribution in [0.4, 0.5) is 5.82 Å². The van der Waals surface area contributed by atoms with E-state index in [0.29, 0.717) is 6.04 Å². The van der Waals surface area contributed by atoms with Crippen molar-refractivity contribution in [3.63, 3.8) is 0 Å². The zero-order chi connectivity index (χ0) is 13.1. The van der Waals surface area contributed by atoms with Gasteiger partial charge in [0, 0.05) is 25.1 Å². The number of hydrogen-bond donors (Lipinski definition) is 2. The molecule has 0 aliphatic carbocycles. The Balaban J connectivity index is 1.84. The summed E-state index contributed by atoms with van der Waals surface area (Å²) in [4.78, 5) is 9.22. The first-order valence-electron chi connectivity index (χ1n) is 7.24. The second-order valence-corrected chi connectivity index (χ2v) is 5.35. The Morgan fingerprint density at radius 1 is 1.26 bits per heavy atom. The number of rotatable bonds is 2. The Hall–Kier alpha value is -1.20. The molecule has 0 spiro atoms. The standard InChI is InChI=1S/C14H22N4O/c1-10-16-13-5-7-15-6-4-12(13)14(17-10)18-11-3-2-8-19-9-11/h11,15H,2-9H2,1H3,(H,16,17,18). The topological polar surface area (TPSA) is 59.1 Å². The Kier molecular flexibility index (Phi) is 3.94. The fourth-order valence-corrected chi connectivity index (χ4v) is 2.84. The van der Waals surface area contributed by atoms with E-state index in [0.717, 1.165) is 63.6 Å². The number of aromatic nitrogens is 2. The van der Waals surface area contributed by atoms with E-state index in [1.54, 1.807) is 0 Å². The molecule has 0 saturated carbocycles. The first-order valence-corrected chi connectivity index (χ1v) is 7.24. The van der Waals surface area contributed by atoms with E-state index < -0.39 is 0 Å². The van der Waals surface area contributed by atoms with E-state index in [2.05, 4.69) is 20.6 Å². The van der Waals surface area contributed by atoms with Gasteiger partial charge < -0.3 is 15.4 Å². The highest BCUT2D eigenvalue weighted by Crippen LogP contribution is 2.22. The largest absolute Gasteiger partial charge is 0.379 e. The van der Waals surface area contributed by atoms with Gasteiger partial charge in [-0.25, -0.2) is 9.97 Å². The minimum absolute atomic E-state index is 0.392. The lowest BCUT2D eigenvalue weighted by Crippen LogP contribution is -2.31. The van der Waals surface area contributed by atoms with Gasteiger partial charge in [-0.15, -0.1) is 0 Å². The molecule has 1 atom stereocenters. The number of nitrogens with zero attached hydrogens (tertiary/aromatic N) is 2. The van der Waals surface area contributed by atoms with E-state index in [9.17, 15) is 0 Å². The minimum atomic E-state index is 0.392. The van der Waals surface area contributed by atoms with E-state index >= 15 is 0 Å². The summed E-state index contributed by atoms with van der Waals surface area (Å²) in [6.07, 6.45) is 4.29. The van der Waals surface area contributed by atoms with E-state index in [1.165, 1.54) is 11.3 Å². The van der Waals surface area contributed by atoms with Crippen LogP contribution >= 0.6 is 0 Å². The smallest absolute Gasteiger partial charge is 0.133 e. The zero-order valence-electron chi connectivity index (χ0n) is 11.5. The molecule has 3 rings (SSSR count). The third kappa shape index (κ3) is 3.04. The lowest BCUT2D eigenvalue weighted by Gasteiger charge is -2.25. The summed E-state index contributed by atoms with van der Waals surface area (Å²) in [5.41, 5.74) is 2.50. The molecule has 5 nitrogen and oxygen atoms in total. The van der Waals surface area contributed by atoms with Gasteiger partial charge >= 0.3 is 0 Å². The second-order valence-electron chi connectivity index (χ2n) is 5.35. The van der Waals surface area contributed by atoms with Gasteiger partial charge in [0.1, 0.15) is 11.6 Å². The summed E-state index contributed by atoms with van der Waals surface area (Å²) >= 11 is 0. The molecule has 104 valence electrons. The predicted molar refractivity (Wildman–Crippen MR) is 74.5 cm³/mol. The lowest BCUT2D eigenvalue weighted by molar-refractivity contribution is 0.0875. The molecule has 1 aromatic rings. The van der Waals surface area contributed by atoms with Crippen LogP contribution in [0, 0.1) is 6.92 Å². The highest BCUT2D eigenvalue weighted by atomic mass is 16.5. The first kappa shape index (κ1) is 12.8. The first-order chi connectivity index (χ1) is 9.33. The van der Waals surface area contributed by atoms with Gasteiger partial charge in [-0.3, -0.25) is 0 Å². The van der Waals surface area contributed by atoms with Crippen molar-refractivity contribution in [2.24, 2.45) is 0 Å². The Morgan fingerprint density at radius 3 is 3.00 bits per heavy atom. The molecule has 0 aromatic carbocycles. The third-order valence-corrected chi connectivity index (χ3v) is 3.80. The molecule has 5 heteroatoms. The van der Waals surface area contributed by atoms with Crippen LogP contribution in [0.15, 0.2) is 0 Å². The van der Waals surface area contributed by atoms with Crippen molar-refractivity contribution in [2.45, 2.75) is 38.6 Å². The highest BCUT2D eigenvalue weighted by Gasteiger charge is 2.19. The normalized spacial score (nSPS) is 23.5. The highest BCUT2D eigenvalue weighted by molar-refractivity contribution is 5.48. The Morgan fingerprint density at radius 2 is 2.16 bits per heavy atom. The minimum Gasteiger partial charge on any atom is -0.379 e. The number of fused-ring (bicyclic) bond motifs is 1. The number of aryl methyl sites for hydroxylation is 1. The molecule has 2 N–H and O–H groups in total. The van der Waals surface area contributed by atoms with Crippen LogP contribution in [-0.4, -0.2) is 42.3 Å². The molecular weight excluding hydrogens is 240 g/mol. The molecule has 2 aliphatic rings. The number of hydrogen-bond acceptors (Lipinski definition) is 5. The van der Waals surface area contributed by atoms with Gasteiger partial charge in [0.05, 0.1) is 18.3 Å². The van der Waals surface area contributed by atoms with Crippen molar-refractivity contribution in [3.05, 3.63) is 17.1 Å². The average Bonchev–Trinajstić information content (AvgIpc) is 2.65. The van der Waals surface area contributed by atoms with Crippen molar-refractivity contribution < 1.29 is 4.74 Å². The second kappa shape index (κ2) is 5.84. The molecular formula is C14H22N4O. The number of anilines is 1. The van der Waals surface area contributed by atoms with Crippen LogP contribution in [0.1, 0.15) is 29.9 Å². The van der Waals surface area contributed by atoms with Crippen molar-refractivity contribution in [3.8, 4) is 0 Å². The molecule has 2 aliphatic heterocycles. The Bertz CT molecular complexity index is 443. The van der Waals surface area contributed by atoms with E-state index in [-0.39, 0.29) is 0 Å². The summed E-state index contributed by atoms with van der Waals surface area (Å²) in [6, 6.07) is 0.392. The van der Waals surface area contributed by atoms with Gasteiger partial charge in [0.2, 0.25) is 0 Å². The van der Waals surface area contributed by atoms with Gasteiger partial charge in [0.25, 0.3) is 0 Å². The maximum Gasteiger partial charge on any atom is 0.133 e. The van der Waals surface area contributed by atoms with E-state index in [4.69, 9.17) is 4.74 Å². The number of nitrogens with one attached hydrogen (secondary N) is 2. The van der Waals surface area contributed by atoms with Crippen molar-refractivity contribution in [1.29, 1.82) is 0 Å². The average molecular weight is 262 g/mol. The Labute approximate surface area is 114 Å². The van der Waals surface area contributed by atoms with Crippen LogP contribution in [0.2, 0.25) is 0 Å². The zero-order valence-corrected chi connectivity index (χ0v) is 11.5. The maximum atomic E-state index is 5.54. The summed E-state index contributed by atoms with van der Waals surface area (Å²) in [7, 11) is 0. The van der Waals surface area contributed by atoms with E-state index in [1.807, 2.05) is 6.92 Å². The summed E-state index contributed by atoms with van der Waals surface area (Å²) in [5.74, 6) is 1.89. The van der Waals surface area contributed by atoms with Gasteiger partial charge in [0.15, 0.2) is 0 Å². The van der Waals surface area contributed by atoms with Crippen molar-refractivity contribution >= 4 is 5.82 Å². The fourth-order valence-electron chi connectivity index (χ4n) is 2.84. The van der Waals surface area contributed by atoms with Crippen LogP contribution in [0.3, 0.4) is 0 Å². The monoisotopic (exact) mass is 262 g/mol. The van der Waals surface area contributed by atoms with Crippen LogP contribution < -0.4 is 10.6 Å². The molecule has 0 amide bonds. The molecule has 1 unspecified atom stereocenters. The van der Waals surface area contributed by atoms with Crippen molar-refractivity contribution in [2.75, 3.05) is 31.6 Å². The molecule has 1 aromatic heterocycles. The number of ether oxygens (including phenoxy) is 1. The summed E-state index contributed by atoms with van der Waals surface area (Å²) < 4.78 is 5.54. The van der Waals surface area contributed by atoms with Gasteiger partial charge in [-0.1, -0.05) is 0 Å². The fraction of sp³-hybridized carbons (Fsp3) is 0.714. The van der Waals surface area contributed by atoms with Gasteiger partial charge in [-0.05, 0) is 32.7 Å². The van der Waals surface area contributed by atoms with Crippen molar-refractivity contribution in [1.82, 2.24) is 15.3 Å². The SMILES string of the molecule is Cc1nc2c(c(NC3CCCOC3)n1)CCNCC2. The quantitative estimate of drug-likeness (QED) is 0.835. The van der Waals surface area contributed by atoms with Gasteiger partial charge in [-0.2, -0.15) is 0 Å². The molecule has 0 radical (unpaired) electrons. The molecule has 1 saturated heterocycles. The molecule has 3 heterocycles.